The minimum Gasteiger partial charge on any atom is -0.462 e. The molecule has 2 heterocycles. The van der Waals surface area contributed by atoms with Crippen LogP contribution in [0.25, 0.3) is 0 Å². The Morgan fingerprint density at radius 2 is 2.22 bits per heavy atom. The number of nitrogens with zero attached hydrogens (tertiary/aromatic N) is 3. The number of hydrogen-bond acceptors (Lipinski definition) is 6. The highest BCUT2D eigenvalue weighted by molar-refractivity contribution is 6.29. The second kappa shape index (κ2) is 7.73. The predicted octanol–water partition coefficient (Wildman–Crippen LogP) is 2.53. The third-order valence-electron chi connectivity index (χ3n) is 3.03. The molecular weight excluding hydrogens is 320 g/mol. The van der Waals surface area contributed by atoms with E-state index in [0.717, 1.165) is 17.5 Å². The van der Waals surface area contributed by atoms with Gasteiger partial charge in [0, 0.05) is 19.3 Å². The van der Waals surface area contributed by atoms with E-state index in [-0.39, 0.29) is 16.4 Å². The molecule has 122 valence electrons. The summed E-state index contributed by atoms with van der Waals surface area (Å²) in [5, 5.41) is 6.83. The number of aromatic nitrogens is 3. The molecule has 0 radical (unpaired) electrons. The zero-order valence-corrected chi connectivity index (χ0v) is 13.6. The van der Waals surface area contributed by atoms with Crippen molar-refractivity contribution < 1.29 is 9.53 Å². The maximum atomic E-state index is 11.9. The first-order valence-corrected chi connectivity index (χ1v) is 7.53. The third kappa shape index (κ3) is 4.53. The second-order valence-corrected chi connectivity index (χ2v) is 5.24. The van der Waals surface area contributed by atoms with Gasteiger partial charge in [-0.1, -0.05) is 24.9 Å². The van der Waals surface area contributed by atoms with Crippen molar-refractivity contribution in [2.75, 3.05) is 11.9 Å². The Labute approximate surface area is 138 Å². The number of ether oxygens (including phenoxy) is 1. The highest BCUT2D eigenvalue weighted by atomic mass is 35.5. The summed E-state index contributed by atoms with van der Waals surface area (Å²) in [5.74, 6) is -0.00477. The summed E-state index contributed by atoms with van der Waals surface area (Å²) in [6.07, 6.45) is 3.17. The fourth-order valence-corrected chi connectivity index (χ4v) is 2.00. The minimum absolute atomic E-state index is 0.186. The van der Waals surface area contributed by atoms with Crippen LogP contribution in [0.2, 0.25) is 5.15 Å². The maximum Gasteiger partial charge on any atom is 0.339 e. The first-order valence-electron chi connectivity index (χ1n) is 7.15. The summed E-state index contributed by atoms with van der Waals surface area (Å²) >= 11 is 5.82. The van der Waals surface area contributed by atoms with Gasteiger partial charge in [0.15, 0.2) is 5.15 Å². The smallest absolute Gasteiger partial charge is 0.339 e. The molecule has 0 aromatic carbocycles. The van der Waals surface area contributed by atoms with Crippen molar-refractivity contribution in [2.45, 2.75) is 19.8 Å². The Balaban J connectivity index is 2.09. The molecule has 0 saturated heterocycles. The highest BCUT2D eigenvalue weighted by Gasteiger charge is 2.09. The summed E-state index contributed by atoms with van der Waals surface area (Å²) in [6, 6.07) is 4.58. The topological polar surface area (TPSA) is 86.1 Å². The molecule has 0 saturated carbocycles. The van der Waals surface area contributed by atoms with Gasteiger partial charge in [0.2, 0.25) is 0 Å². The summed E-state index contributed by atoms with van der Waals surface area (Å²) in [4.78, 5) is 27.8. The Hall–Kier alpha value is -2.41. The van der Waals surface area contributed by atoms with Gasteiger partial charge < -0.3 is 10.1 Å². The van der Waals surface area contributed by atoms with Crippen LogP contribution in [0.1, 0.15) is 30.1 Å². The van der Waals surface area contributed by atoms with E-state index in [9.17, 15) is 9.59 Å². The quantitative estimate of drug-likeness (QED) is 0.644. The van der Waals surface area contributed by atoms with Crippen molar-refractivity contribution in [3.8, 4) is 0 Å². The average molecular weight is 337 g/mol. The molecule has 2 rings (SSSR count). The van der Waals surface area contributed by atoms with E-state index in [0.29, 0.717) is 18.0 Å². The summed E-state index contributed by atoms with van der Waals surface area (Å²) in [5.41, 5.74) is 0.268. The number of unbranched alkanes of at least 4 members (excludes halogenated alkanes) is 1. The van der Waals surface area contributed by atoms with E-state index < -0.39 is 5.97 Å². The molecule has 0 aliphatic heterocycles. The molecule has 0 unspecified atom stereocenters. The number of carbonyl (C=O) groups excluding carboxylic acids is 1. The predicted molar refractivity (Wildman–Crippen MR) is 87.2 cm³/mol. The SMILES string of the molecule is CCCCOC(=O)c1ccc(Nc2cc(Cl)nn(C)c2=O)nc1. The number of aryl methyl sites for hydroxylation is 1. The zero-order chi connectivity index (χ0) is 16.8. The van der Waals surface area contributed by atoms with Crippen LogP contribution in [0.3, 0.4) is 0 Å². The van der Waals surface area contributed by atoms with E-state index in [1.807, 2.05) is 6.92 Å². The molecule has 0 aliphatic rings. The van der Waals surface area contributed by atoms with Crippen molar-refractivity contribution in [1.29, 1.82) is 0 Å². The minimum atomic E-state index is -0.416. The molecule has 23 heavy (non-hydrogen) atoms. The monoisotopic (exact) mass is 336 g/mol. The van der Waals surface area contributed by atoms with Crippen LogP contribution >= 0.6 is 11.6 Å². The standard InChI is InChI=1S/C15H17ClN4O3/c1-3-4-7-23-15(22)10-5-6-13(17-9-10)18-11-8-12(16)19-20(2)14(11)21/h5-6,8-9H,3-4,7H2,1-2H3,(H,17,18). The molecule has 0 spiro atoms. The largest absolute Gasteiger partial charge is 0.462 e. The molecule has 7 nitrogen and oxygen atoms in total. The lowest BCUT2D eigenvalue weighted by Gasteiger charge is -2.07. The third-order valence-corrected chi connectivity index (χ3v) is 3.21. The van der Waals surface area contributed by atoms with Gasteiger partial charge in [-0.05, 0) is 18.6 Å². The van der Waals surface area contributed by atoms with Crippen molar-refractivity contribution in [2.24, 2.45) is 7.05 Å². The highest BCUT2D eigenvalue weighted by Crippen LogP contribution is 2.14. The molecule has 0 bridgehead atoms. The lowest BCUT2D eigenvalue weighted by Crippen LogP contribution is -2.22. The van der Waals surface area contributed by atoms with Crippen molar-refractivity contribution in [3.05, 3.63) is 45.5 Å². The summed E-state index contributed by atoms with van der Waals surface area (Å²) in [7, 11) is 1.50. The lowest BCUT2D eigenvalue weighted by atomic mass is 10.3. The van der Waals surface area contributed by atoms with Gasteiger partial charge in [-0.25, -0.2) is 14.5 Å². The summed E-state index contributed by atoms with van der Waals surface area (Å²) < 4.78 is 6.23. The molecule has 2 aromatic heterocycles. The normalized spacial score (nSPS) is 10.4. The summed E-state index contributed by atoms with van der Waals surface area (Å²) in [6.45, 7) is 2.41. The van der Waals surface area contributed by atoms with Crippen LogP contribution in [0, 0.1) is 0 Å². The van der Waals surface area contributed by atoms with Crippen LogP contribution in [0.15, 0.2) is 29.2 Å². The fourth-order valence-electron chi connectivity index (χ4n) is 1.78. The van der Waals surface area contributed by atoms with Crippen molar-refractivity contribution >= 4 is 29.1 Å². The van der Waals surface area contributed by atoms with Gasteiger partial charge >= 0.3 is 5.97 Å². The Bertz CT molecular complexity index is 743. The number of anilines is 2. The van der Waals surface area contributed by atoms with Crippen LogP contribution in [0.5, 0.6) is 0 Å². The first-order chi connectivity index (χ1) is 11.0. The van der Waals surface area contributed by atoms with Crippen molar-refractivity contribution in [1.82, 2.24) is 14.8 Å². The van der Waals surface area contributed by atoms with E-state index in [1.54, 1.807) is 12.1 Å². The molecule has 0 amide bonds. The van der Waals surface area contributed by atoms with E-state index >= 15 is 0 Å². The van der Waals surface area contributed by atoms with Crippen molar-refractivity contribution in [3.63, 3.8) is 0 Å². The van der Waals surface area contributed by atoms with E-state index in [2.05, 4.69) is 15.4 Å². The van der Waals surface area contributed by atoms with Crippen LogP contribution in [-0.4, -0.2) is 27.3 Å². The maximum absolute atomic E-state index is 11.9. The Kier molecular flexibility index (Phi) is 5.70. The van der Waals surface area contributed by atoms with Crippen LogP contribution < -0.4 is 10.9 Å². The van der Waals surface area contributed by atoms with Gasteiger partial charge in [-0.2, -0.15) is 5.10 Å². The fraction of sp³-hybridized carbons (Fsp3) is 0.333. The number of carbonyl (C=O) groups is 1. The molecule has 2 aromatic rings. The van der Waals surface area contributed by atoms with Gasteiger partial charge in [0.05, 0.1) is 12.2 Å². The molecule has 1 N–H and O–H groups in total. The van der Waals surface area contributed by atoms with E-state index in [4.69, 9.17) is 16.3 Å². The Morgan fingerprint density at radius 1 is 1.43 bits per heavy atom. The number of halogens is 1. The lowest BCUT2D eigenvalue weighted by molar-refractivity contribution is 0.0499. The van der Waals surface area contributed by atoms with Gasteiger partial charge in [0.1, 0.15) is 11.5 Å². The van der Waals surface area contributed by atoms with Gasteiger partial charge in [-0.15, -0.1) is 0 Å². The number of rotatable bonds is 6. The van der Waals surface area contributed by atoms with Gasteiger partial charge in [-0.3, -0.25) is 4.79 Å². The molecule has 0 aliphatic carbocycles. The van der Waals surface area contributed by atoms with Gasteiger partial charge in [0.25, 0.3) is 5.56 Å². The second-order valence-electron chi connectivity index (χ2n) is 4.86. The molecule has 0 fully saturated rings. The average Bonchev–Trinajstić information content (AvgIpc) is 2.53. The zero-order valence-electron chi connectivity index (χ0n) is 12.9. The number of esters is 1. The number of nitrogens with one attached hydrogen (secondary N) is 1. The van der Waals surface area contributed by atoms with Crippen LogP contribution in [-0.2, 0) is 11.8 Å². The molecule has 0 atom stereocenters. The number of hydrogen-bond donors (Lipinski definition) is 1. The molecular formula is C15H17ClN4O3. The van der Waals surface area contributed by atoms with Crippen LogP contribution in [0.4, 0.5) is 11.5 Å². The first kappa shape index (κ1) is 17.0. The Morgan fingerprint density at radius 3 is 2.87 bits per heavy atom. The number of pyridine rings is 1. The van der Waals surface area contributed by atoms with E-state index in [1.165, 1.54) is 19.3 Å². The molecule has 8 heteroatoms.